The summed E-state index contributed by atoms with van der Waals surface area (Å²) >= 11 is 0. The summed E-state index contributed by atoms with van der Waals surface area (Å²) in [5.41, 5.74) is 1.24. The zero-order chi connectivity index (χ0) is 16.2. The topological polar surface area (TPSA) is 82.2 Å². The molecule has 3 aromatic rings. The summed E-state index contributed by atoms with van der Waals surface area (Å²) in [4.78, 5) is 12.1. The van der Waals surface area contributed by atoms with Crippen LogP contribution in [0.25, 0.3) is 10.9 Å². The molecule has 1 N–H and O–H groups in total. The molecule has 0 saturated carbocycles. The van der Waals surface area contributed by atoms with Crippen LogP contribution in [-0.2, 0) is 24.9 Å². The Balaban J connectivity index is 1.63. The Labute approximate surface area is 132 Å². The third-order valence-electron chi connectivity index (χ3n) is 3.54. The first kappa shape index (κ1) is 15.4. The minimum Gasteiger partial charge on any atom is -0.389 e. The molecule has 0 amide bonds. The molecule has 0 spiro atoms. The van der Waals surface area contributed by atoms with E-state index in [0.29, 0.717) is 17.5 Å². The number of aromatic nitrogens is 4. The Kier molecular flexibility index (Phi) is 4.50. The molecule has 0 fully saturated rings. The number of hydrogen-bond acceptors (Lipinski definition) is 5. The molecule has 0 bridgehead atoms. The molecule has 2 aromatic heterocycles. The van der Waals surface area contributed by atoms with Crippen molar-refractivity contribution in [2.75, 3.05) is 6.61 Å². The predicted octanol–water partition coefficient (Wildman–Crippen LogP) is 0.708. The number of benzene rings is 1. The highest BCUT2D eigenvalue weighted by molar-refractivity contribution is 5.76. The van der Waals surface area contributed by atoms with Gasteiger partial charge in [-0.3, -0.25) is 9.48 Å². The van der Waals surface area contributed by atoms with Crippen molar-refractivity contribution < 1.29 is 9.84 Å². The van der Waals surface area contributed by atoms with Gasteiger partial charge < -0.3 is 9.84 Å². The van der Waals surface area contributed by atoms with Crippen LogP contribution in [0.4, 0.5) is 0 Å². The summed E-state index contributed by atoms with van der Waals surface area (Å²) in [7, 11) is 1.58. The molecule has 0 aliphatic rings. The number of ether oxygens (including phenoxy) is 1. The summed E-state index contributed by atoms with van der Waals surface area (Å²) < 4.78 is 8.25. The summed E-state index contributed by atoms with van der Waals surface area (Å²) in [6, 6.07) is 9.74. The Bertz CT molecular complexity index is 841. The molecule has 23 heavy (non-hydrogen) atoms. The Morgan fingerprint density at radius 2 is 1.96 bits per heavy atom. The fourth-order valence-electron chi connectivity index (χ4n) is 2.36. The molecule has 1 unspecified atom stereocenters. The van der Waals surface area contributed by atoms with Gasteiger partial charge >= 0.3 is 0 Å². The maximum absolute atomic E-state index is 12.1. The fourth-order valence-corrected chi connectivity index (χ4v) is 2.36. The van der Waals surface area contributed by atoms with E-state index in [1.54, 1.807) is 19.4 Å². The average Bonchev–Trinajstić information content (AvgIpc) is 2.95. The van der Waals surface area contributed by atoms with Crippen molar-refractivity contribution in [3.8, 4) is 0 Å². The molecule has 1 atom stereocenters. The van der Waals surface area contributed by atoms with Crippen LogP contribution < -0.4 is 5.56 Å². The quantitative estimate of drug-likeness (QED) is 0.724. The molecule has 0 radical (unpaired) electrons. The normalized spacial score (nSPS) is 12.6. The smallest absolute Gasteiger partial charge is 0.292 e. The lowest BCUT2D eigenvalue weighted by Crippen LogP contribution is -2.26. The van der Waals surface area contributed by atoms with E-state index in [9.17, 15) is 9.90 Å². The third kappa shape index (κ3) is 3.46. The van der Waals surface area contributed by atoms with Gasteiger partial charge in [-0.1, -0.05) is 30.3 Å². The molecule has 7 heteroatoms. The van der Waals surface area contributed by atoms with Gasteiger partial charge in [0, 0.05) is 12.4 Å². The Morgan fingerprint density at radius 3 is 2.74 bits per heavy atom. The number of aliphatic hydroxyl groups is 1. The fraction of sp³-hybridized carbons (Fsp3) is 0.312. The van der Waals surface area contributed by atoms with Crippen LogP contribution in [-0.4, -0.2) is 37.4 Å². The van der Waals surface area contributed by atoms with Crippen LogP contribution in [0.15, 0.2) is 47.5 Å². The molecule has 0 saturated heterocycles. The van der Waals surface area contributed by atoms with Crippen LogP contribution in [0.2, 0.25) is 0 Å². The van der Waals surface area contributed by atoms with Gasteiger partial charge in [-0.25, -0.2) is 4.68 Å². The van der Waals surface area contributed by atoms with E-state index in [2.05, 4.69) is 10.2 Å². The standard InChI is InChI=1S/C16H18N4O3/c1-19-16(22)15-13(7-17-19)8-18-20(15)9-14(21)11-23-10-12-5-3-2-4-6-12/h2-8,14,21H,9-11H2,1H3. The van der Waals surface area contributed by atoms with Crippen molar-refractivity contribution in [2.45, 2.75) is 19.3 Å². The highest BCUT2D eigenvalue weighted by atomic mass is 16.5. The molecule has 0 aliphatic carbocycles. The predicted molar refractivity (Wildman–Crippen MR) is 84.9 cm³/mol. The van der Waals surface area contributed by atoms with Crippen molar-refractivity contribution in [1.29, 1.82) is 0 Å². The van der Waals surface area contributed by atoms with E-state index in [4.69, 9.17) is 4.74 Å². The zero-order valence-corrected chi connectivity index (χ0v) is 12.8. The summed E-state index contributed by atoms with van der Waals surface area (Å²) in [6.07, 6.45) is 2.40. The van der Waals surface area contributed by atoms with E-state index < -0.39 is 6.10 Å². The van der Waals surface area contributed by atoms with Gasteiger partial charge in [-0.2, -0.15) is 10.2 Å². The van der Waals surface area contributed by atoms with E-state index in [1.165, 1.54) is 9.36 Å². The van der Waals surface area contributed by atoms with Gasteiger partial charge in [-0.15, -0.1) is 0 Å². The molecule has 2 heterocycles. The first-order valence-corrected chi connectivity index (χ1v) is 7.32. The number of hydrogen-bond donors (Lipinski definition) is 1. The van der Waals surface area contributed by atoms with Gasteiger partial charge in [0.15, 0.2) is 0 Å². The lowest BCUT2D eigenvalue weighted by Gasteiger charge is -2.12. The van der Waals surface area contributed by atoms with Gasteiger partial charge in [0.1, 0.15) is 5.52 Å². The maximum Gasteiger partial charge on any atom is 0.292 e. The van der Waals surface area contributed by atoms with Crippen LogP contribution in [0, 0.1) is 0 Å². The maximum atomic E-state index is 12.1. The first-order valence-electron chi connectivity index (χ1n) is 7.32. The number of aryl methyl sites for hydroxylation is 1. The van der Waals surface area contributed by atoms with Crippen LogP contribution in [0.3, 0.4) is 0 Å². The minimum absolute atomic E-state index is 0.168. The zero-order valence-electron chi connectivity index (χ0n) is 12.8. The highest BCUT2D eigenvalue weighted by Crippen LogP contribution is 2.08. The molecular weight excluding hydrogens is 296 g/mol. The van der Waals surface area contributed by atoms with Crippen molar-refractivity contribution in [1.82, 2.24) is 19.6 Å². The molecule has 0 aliphatic heterocycles. The Hall–Kier alpha value is -2.51. The van der Waals surface area contributed by atoms with Gasteiger partial charge in [0.2, 0.25) is 0 Å². The van der Waals surface area contributed by atoms with Crippen molar-refractivity contribution in [3.05, 3.63) is 58.6 Å². The van der Waals surface area contributed by atoms with Crippen molar-refractivity contribution in [2.24, 2.45) is 7.05 Å². The number of nitrogens with zero attached hydrogens (tertiary/aromatic N) is 4. The van der Waals surface area contributed by atoms with Crippen molar-refractivity contribution >= 4 is 10.9 Å². The van der Waals surface area contributed by atoms with Crippen LogP contribution >= 0.6 is 0 Å². The molecular formula is C16H18N4O3. The van der Waals surface area contributed by atoms with E-state index >= 15 is 0 Å². The van der Waals surface area contributed by atoms with Gasteiger partial charge in [0.25, 0.3) is 5.56 Å². The monoisotopic (exact) mass is 314 g/mol. The molecule has 120 valence electrons. The van der Waals surface area contributed by atoms with E-state index in [0.717, 1.165) is 5.56 Å². The van der Waals surface area contributed by atoms with Crippen molar-refractivity contribution in [3.63, 3.8) is 0 Å². The molecule has 7 nitrogen and oxygen atoms in total. The SMILES string of the molecule is Cn1ncc2cnn(CC(O)COCc3ccccc3)c2c1=O. The average molecular weight is 314 g/mol. The molecule has 3 rings (SSSR count). The number of rotatable bonds is 6. The number of fused-ring (bicyclic) bond motifs is 1. The second-order valence-electron chi connectivity index (χ2n) is 5.36. The Morgan fingerprint density at radius 1 is 1.22 bits per heavy atom. The van der Waals surface area contributed by atoms with Crippen LogP contribution in [0.5, 0.6) is 0 Å². The summed E-state index contributed by atoms with van der Waals surface area (Å²) in [5.74, 6) is 0. The third-order valence-corrected chi connectivity index (χ3v) is 3.54. The highest BCUT2D eigenvalue weighted by Gasteiger charge is 2.13. The second-order valence-corrected chi connectivity index (χ2v) is 5.36. The van der Waals surface area contributed by atoms with Crippen LogP contribution in [0.1, 0.15) is 5.56 Å². The second kappa shape index (κ2) is 6.72. The van der Waals surface area contributed by atoms with Gasteiger partial charge in [0.05, 0.1) is 38.3 Å². The lowest BCUT2D eigenvalue weighted by atomic mass is 10.2. The lowest BCUT2D eigenvalue weighted by molar-refractivity contribution is 0.0193. The largest absolute Gasteiger partial charge is 0.389 e. The minimum atomic E-state index is -0.750. The van der Waals surface area contributed by atoms with Gasteiger partial charge in [-0.05, 0) is 5.56 Å². The molecule has 1 aromatic carbocycles. The first-order chi connectivity index (χ1) is 11.1. The number of aliphatic hydroxyl groups excluding tert-OH is 1. The van der Waals surface area contributed by atoms with E-state index in [-0.39, 0.29) is 18.7 Å². The van der Waals surface area contributed by atoms with E-state index in [1.807, 2.05) is 30.3 Å². The summed E-state index contributed by atoms with van der Waals surface area (Å²) in [5, 5.41) is 18.9. The summed E-state index contributed by atoms with van der Waals surface area (Å²) in [6.45, 7) is 0.794.